The number of aromatic amines is 2. The van der Waals surface area contributed by atoms with Gasteiger partial charge in [-0.05, 0) is 98.9 Å². The van der Waals surface area contributed by atoms with Gasteiger partial charge >= 0.3 is 11.4 Å². The van der Waals surface area contributed by atoms with Crippen LogP contribution in [0.1, 0.15) is 59.6 Å². The smallest absolute Gasteiger partial charge is 0.328 e. The predicted molar refractivity (Wildman–Crippen MR) is 247 cm³/mol. The molecular formula is C46H48N16O2. The molecular weight excluding hydrogens is 809 g/mol. The lowest BCUT2D eigenvalue weighted by molar-refractivity contribution is 0.554. The van der Waals surface area contributed by atoms with Gasteiger partial charge in [-0.1, -0.05) is 83.2 Å². The van der Waals surface area contributed by atoms with Crippen LogP contribution in [0.5, 0.6) is 0 Å². The molecule has 18 heteroatoms. The molecule has 6 N–H and O–H groups in total. The number of unbranched alkanes of at least 4 members (excludes halogenated alkanes) is 2. The van der Waals surface area contributed by atoms with Gasteiger partial charge in [0.2, 0.25) is 0 Å². The molecule has 6 heterocycles. The lowest BCUT2D eigenvalue weighted by atomic mass is 10.1. The minimum Gasteiger partial charge on any atom is -0.382 e. The van der Waals surface area contributed by atoms with Crippen molar-refractivity contribution in [3.63, 3.8) is 0 Å². The molecule has 10 aromatic rings. The molecule has 18 nitrogen and oxygen atoms in total. The van der Waals surface area contributed by atoms with E-state index in [2.05, 4.69) is 99.1 Å². The van der Waals surface area contributed by atoms with Gasteiger partial charge in [-0.2, -0.15) is 0 Å². The normalized spacial score (nSPS) is 11.5. The standard InChI is InChI=1S/2C23H24N8O/c2*1-15-25-21(24)20-22(26-15)30(23(32)27-20)14-17-10-11-19-18(13-17)28-29-31(19)12-6-5-9-16-7-3-2-4-8-16/h2*2-4,7-8,10-11,13H,5-6,9,12,14H2,1H3,(H,27,32)(H2,24,25,26). The van der Waals surface area contributed by atoms with Gasteiger partial charge in [-0.3, -0.25) is 9.13 Å². The molecule has 324 valence electrons. The largest absolute Gasteiger partial charge is 0.382 e. The maximum atomic E-state index is 12.5. The second-order valence-corrected chi connectivity index (χ2v) is 15.9. The highest BCUT2D eigenvalue weighted by Crippen LogP contribution is 2.21. The molecule has 0 saturated carbocycles. The summed E-state index contributed by atoms with van der Waals surface area (Å²) in [6.07, 6.45) is 6.37. The maximum Gasteiger partial charge on any atom is 0.328 e. The van der Waals surface area contributed by atoms with E-state index in [0.717, 1.165) is 84.8 Å². The molecule has 0 atom stereocenters. The molecule has 0 saturated heterocycles. The molecule has 6 aromatic heterocycles. The number of nitrogens with one attached hydrogen (secondary N) is 2. The first-order valence-electron chi connectivity index (χ1n) is 21.3. The highest BCUT2D eigenvalue weighted by molar-refractivity contribution is 5.82. The van der Waals surface area contributed by atoms with E-state index in [-0.39, 0.29) is 23.0 Å². The fraction of sp³-hybridized carbons (Fsp3) is 0.261. The number of hydrogen-bond acceptors (Lipinski definition) is 12. The van der Waals surface area contributed by atoms with E-state index in [9.17, 15) is 9.59 Å². The van der Waals surface area contributed by atoms with Crippen LogP contribution < -0.4 is 22.8 Å². The monoisotopic (exact) mass is 856 g/mol. The van der Waals surface area contributed by atoms with Crippen LogP contribution in [0.25, 0.3) is 44.4 Å². The molecule has 0 unspecified atom stereocenters. The molecule has 0 aliphatic carbocycles. The summed E-state index contributed by atoms with van der Waals surface area (Å²) in [5.74, 6) is 1.59. The summed E-state index contributed by atoms with van der Waals surface area (Å²) in [6, 6.07) is 33.0. The van der Waals surface area contributed by atoms with Crippen LogP contribution in [0.4, 0.5) is 11.6 Å². The molecule has 0 aliphatic heterocycles. The molecule has 4 aromatic carbocycles. The number of aromatic nitrogens is 14. The number of anilines is 2. The molecule has 0 radical (unpaired) electrons. The molecule has 0 aliphatic rings. The van der Waals surface area contributed by atoms with Crippen LogP contribution in [0.15, 0.2) is 107 Å². The van der Waals surface area contributed by atoms with Crippen molar-refractivity contribution in [3.05, 3.63) is 152 Å². The zero-order valence-corrected chi connectivity index (χ0v) is 35.6. The average Bonchev–Trinajstić information content (AvgIpc) is 4.06. The summed E-state index contributed by atoms with van der Waals surface area (Å²) in [6.45, 7) is 5.85. The Hall–Kier alpha value is -8.02. The fourth-order valence-electron chi connectivity index (χ4n) is 8.02. The molecule has 64 heavy (non-hydrogen) atoms. The number of nitrogens with zero attached hydrogens (tertiary/aromatic N) is 12. The maximum absolute atomic E-state index is 12.5. The van der Waals surface area contributed by atoms with Crippen LogP contribution in [-0.4, -0.2) is 69.0 Å². The van der Waals surface area contributed by atoms with Gasteiger partial charge in [-0.15, -0.1) is 10.2 Å². The average molecular weight is 857 g/mol. The van der Waals surface area contributed by atoms with Crippen LogP contribution >= 0.6 is 0 Å². The highest BCUT2D eigenvalue weighted by Gasteiger charge is 2.16. The first-order chi connectivity index (χ1) is 31.2. The Balaban J connectivity index is 0.000000162. The third-order valence-corrected chi connectivity index (χ3v) is 11.2. The Labute approximate surface area is 366 Å². The zero-order chi connectivity index (χ0) is 44.2. The molecule has 0 amide bonds. The Morgan fingerprint density at radius 1 is 0.516 bits per heavy atom. The summed E-state index contributed by atoms with van der Waals surface area (Å²) < 4.78 is 7.02. The molecule has 10 rings (SSSR count). The van der Waals surface area contributed by atoms with Gasteiger partial charge in [0.05, 0.1) is 24.1 Å². The van der Waals surface area contributed by atoms with Crippen molar-refractivity contribution in [1.29, 1.82) is 0 Å². The Bertz CT molecular complexity index is 3120. The van der Waals surface area contributed by atoms with Gasteiger partial charge in [0.15, 0.2) is 22.9 Å². The van der Waals surface area contributed by atoms with Crippen LogP contribution in [0.3, 0.4) is 0 Å². The van der Waals surface area contributed by atoms with Gasteiger partial charge in [0, 0.05) is 13.1 Å². The SMILES string of the molecule is Cc1nc(N)c2[nH]c(=O)n(Cc3ccc4c(c3)nnn4CCCCc3ccccc3)c2n1.Cc1nc(N)c2[nH]c(=O)n(Cc3ccc4c(c3)nnn4CCCCc3ccccc3)c2n1. The number of hydrogen-bond donors (Lipinski definition) is 4. The van der Waals surface area contributed by atoms with Crippen LogP contribution in [0.2, 0.25) is 0 Å². The Morgan fingerprint density at radius 2 is 0.938 bits per heavy atom. The number of nitrogens with two attached hydrogens (primary N) is 2. The van der Waals surface area contributed by atoms with E-state index < -0.39 is 0 Å². The number of benzene rings is 4. The summed E-state index contributed by atoms with van der Waals surface area (Å²) in [4.78, 5) is 47.5. The number of rotatable bonds is 14. The topological polar surface area (TPSA) is 241 Å². The summed E-state index contributed by atoms with van der Waals surface area (Å²) in [5.41, 5.74) is 21.4. The number of imidazole rings is 2. The van der Waals surface area contributed by atoms with Crippen molar-refractivity contribution in [3.8, 4) is 0 Å². The van der Waals surface area contributed by atoms with Gasteiger partial charge < -0.3 is 21.4 Å². The summed E-state index contributed by atoms with van der Waals surface area (Å²) in [5, 5.41) is 17.3. The van der Waals surface area contributed by atoms with Crippen molar-refractivity contribution in [2.45, 2.75) is 78.6 Å². The van der Waals surface area contributed by atoms with E-state index >= 15 is 0 Å². The second-order valence-electron chi connectivity index (χ2n) is 15.9. The minimum absolute atomic E-state index is 0.270. The lowest BCUT2D eigenvalue weighted by Gasteiger charge is -2.06. The zero-order valence-electron chi connectivity index (χ0n) is 35.6. The lowest BCUT2D eigenvalue weighted by Crippen LogP contribution is -2.17. The predicted octanol–water partition coefficient (Wildman–Crippen LogP) is 5.65. The first kappa shape index (κ1) is 41.3. The number of fused-ring (bicyclic) bond motifs is 4. The summed E-state index contributed by atoms with van der Waals surface area (Å²) in [7, 11) is 0. The Morgan fingerprint density at radius 3 is 1.36 bits per heavy atom. The van der Waals surface area contributed by atoms with Crippen LogP contribution in [-0.2, 0) is 39.0 Å². The Kier molecular flexibility index (Phi) is 11.7. The molecule has 0 bridgehead atoms. The van der Waals surface area contributed by atoms with Crippen molar-refractivity contribution in [2.75, 3.05) is 11.5 Å². The van der Waals surface area contributed by atoms with E-state index in [1.54, 1.807) is 23.0 Å². The quantitative estimate of drug-likeness (QED) is 0.0970. The van der Waals surface area contributed by atoms with Gasteiger partial charge in [0.1, 0.15) is 33.7 Å². The summed E-state index contributed by atoms with van der Waals surface area (Å²) >= 11 is 0. The number of aryl methyl sites for hydroxylation is 6. The minimum atomic E-state index is -0.270. The molecule has 0 fully saturated rings. The van der Waals surface area contributed by atoms with Crippen molar-refractivity contribution in [1.82, 2.24) is 69.0 Å². The van der Waals surface area contributed by atoms with E-state index in [1.807, 2.05) is 57.9 Å². The van der Waals surface area contributed by atoms with E-state index in [1.165, 1.54) is 11.1 Å². The molecule has 0 spiro atoms. The van der Waals surface area contributed by atoms with E-state index in [0.29, 0.717) is 47.1 Å². The fourth-order valence-corrected chi connectivity index (χ4v) is 8.02. The van der Waals surface area contributed by atoms with E-state index in [4.69, 9.17) is 11.5 Å². The van der Waals surface area contributed by atoms with Crippen molar-refractivity contribution >= 4 is 56.0 Å². The van der Waals surface area contributed by atoms with Crippen molar-refractivity contribution < 1.29 is 0 Å². The highest BCUT2D eigenvalue weighted by atomic mass is 16.1. The van der Waals surface area contributed by atoms with Gasteiger partial charge in [0.25, 0.3) is 0 Å². The second kappa shape index (κ2) is 18.1. The number of nitrogen functional groups attached to an aromatic ring is 2. The van der Waals surface area contributed by atoms with Crippen LogP contribution in [0, 0.1) is 13.8 Å². The number of H-pyrrole nitrogens is 2. The van der Waals surface area contributed by atoms with Gasteiger partial charge in [-0.25, -0.2) is 38.9 Å². The van der Waals surface area contributed by atoms with Crippen molar-refractivity contribution in [2.24, 2.45) is 0 Å². The third kappa shape index (κ3) is 8.97. The third-order valence-electron chi connectivity index (χ3n) is 11.2. The first-order valence-corrected chi connectivity index (χ1v) is 21.3.